The minimum atomic E-state index is -4.72. The van der Waals surface area contributed by atoms with Gasteiger partial charge in [0.1, 0.15) is 5.75 Å². The molecule has 0 aliphatic heterocycles. The Morgan fingerprint density at radius 3 is 2.53 bits per heavy atom. The van der Waals surface area contributed by atoms with Crippen molar-refractivity contribution in [3.05, 3.63) is 42.5 Å². The van der Waals surface area contributed by atoms with Gasteiger partial charge in [0.2, 0.25) is 5.95 Å². The zero-order valence-electron chi connectivity index (χ0n) is 17.5. The van der Waals surface area contributed by atoms with Gasteiger partial charge >= 0.3 is 6.36 Å². The van der Waals surface area contributed by atoms with E-state index >= 15 is 0 Å². The van der Waals surface area contributed by atoms with Crippen LogP contribution in [0.1, 0.15) is 13.8 Å². The van der Waals surface area contributed by atoms with Gasteiger partial charge in [-0.2, -0.15) is 0 Å². The van der Waals surface area contributed by atoms with E-state index in [0.717, 1.165) is 17.6 Å². The fraction of sp³-hybridized carbons (Fsp3) is 0.286. The van der Waals surface area contributed by atoms with E-state index in [-0.39, 0.29) is 5.75 Å². The molecule has 2 aromatic heterocycles. The number of aromatic nitrogens is 3. The van der Waals surface area contributed by atoms with Gasteiger partial charge < -0.3 is 19.4 Å². The molecule has 0 radical (unpaired) electrons. The van der Waals surface area contributed by atoms with Crippen molar-refractivity contribution in [2.24, 2.45) is 5.92 Å². The van der Waals surface area contributed by atoms with Crippen LogP contribution in [0.15, 0.2) is 42.5 Å². The van der Waals surface area contributed by atoms with E-state index in [1.165, 1.54) is 36.6 Å². The first-order valence-corrected chi connectivity index (χ1v) is 10.4. The average molecular weight is 466 g/mol. The summed E-state index contributed by atoms with van der Waals surface area (Å²) in [7, 11) is 1.31. The number of anilines is 2. The third-order valence-corrected chi connectivity index (χ3v) is 5.04. The van der Waals surface area contributed by atoms with E-state index in [1.807, 2.05) is 24.3 Å². The van der Waals surface area contributed by atoms with Crippen LogP contribution in [0.25, 0.3) is 21.3 Å². The fourth-order valence-electron chi connectivity index (χ4n) is 2.97. The lowest BCUT2D eigenvalue weighted by molar-refractivity contribution is -0.274. The highest BCUT2D eigenvalue weighted by atomic mass is 32.1. The summed E-state index contributed by atoms with van der Waals surface area (Å²) < 4.78 is 47.8. The highest BCUT2D eigenvalue weighted by molar-refractivity contribution is 7.22. The van der Waals surface area contributed by atoms with E-state index in [9.17, 15) is 13.2 Å². The highest BCUT2D eigenvalue weighted by Gasteiger charge is 2.31. The van der Waals surface area contributed by atoms with Gasteiger partial charge in [-0.1, -0.05) is 37.3 Å². The zero-order valence-corrected chi connectivity index (χ0v) is 18.3. The second kappa shape index (κ2) is 9.86. The van der Waals surface area contributed by atoms with Crippen molar-refractivity contribution < 1.29 is 27.4 Å². The van der Waals surface area contributed by atoms with Crippen LogP contribution in [0.5, 0.6) is 5.75 Å². The molecule has 2 aromatic carbocycles. The smallest absolute Gasteiger partial charge is 0.471 e. The molecule has 4 rings (SSSR count). The number of nitrogens with zero attached hydrogens (tertiary/aromatic N) is 3. The Kier molecular flexibility index (Phi) is 7.18. The monoisotopic (exact) mass is 466 g/mol. The van der Waals surface area contributed by atoms with E-state index in [4.69, 9.17) is 4.79 Å². The van der Waals surface area contributed by atoms with Gasteiger partial charge in [-0.05, 0) is 30.2 Å². The van der Waals surface area contributed by atoms with Gasteiger partial charge in [0, 0.05) is 12.6 Å². The lowest BCUT2D eigenvalue weighted by atomic mass is 10.2. The molecule has 0 fully saturated rings. The zero-order chi connectivity index (χ0) is 23.3. The number of hydrogen-bond acceptors (Lipinski definition) is 7. The van der Waals surface area contributed by atoms with Crippen molar-refractivity contribution in [2.45, 2.75) is 26.8 Å². The van der Waals surface area contributed by atoms with Crippen LogP contribution in [-0.4, -0.2) is 34.5 Å². The number of imidazole rings is 1. The quantitative estimate of drug-likeness (QED) is 0.366. The molecular formula is C21H21F3N4O3S. The number of thiazole rings is 1. The van der Waals surface area contributed by atoms with E-state index < -0.39 is 6.36 Å². The first-order chi connectivity index (χ1) is 15.2. The van der Waals surface area contributed by atoms with Crippen LogP contribution < -0.4 is 10.1 Å². The summed E-state index contributed by atoms with van der Waals surface area (Å²) in [6.45, 7) is 5.40. The highest BCUT2D eigenvalue weighted by Crippen LogP contribution is 2.33. The molecule has 170 valence electrons. The molecule has 0 bridgehead atoms. The summed E-state index contributed by atoms with van der Waals surface area (Å²) in [5.41, 5.74) is 2.47. The van der Waals surface area contributed by atoms with Crippen molar-refractivity contribution in [1.82, 2.24) is 14.5 Å². The Bertz CT molecular complexity index is 1200. The number of ether oxygens (including phenoxy) is 2. The maximum Gasteiger partial charge on any atom is 0.573 e. The number of rotatable bonds is 6. The lowest BCUT2D eigenvalue weighted by Crippen LogP contribution is -2.16. The van der Waals surface area contributed by atoms with Gasteiger partial charge in [-0.25, -0.2) is 9.97 Å². The molecule has 0 aliphatic rings. The Morgan fingerprint density at radius 1 is 1.16 bits per heavy atom. The topological polar surface area (TPSA) is 78.3 Å². The first kappa shape index (κ1) is 23.3. The lowest BCUT2D eigenvalue weighted by Gasteiger charge is -2.11. The number of benzene rings is 2. The molecule has 0 atom stereocenters. The van der Waals surface area contributed by atoms with Crippen molar-refractivity contribution in [3.8, 4) is 5.75 Å². The molecule has 0 saturated carbocycles. The van der Waals surface area contributed by atoms with Crippen LogP contribution in [0.2, 0.25) is 0 Å². The van der Waals surface area contributed by atoms with Crippen LogP contribution in [-0.2, 0) is 16.1 Å². The normalized spacial score (nSPS) is 11.3. The standard InChI is InChI=1S/C19H17F3N4OS.C2H4O2/c1-11(2)10-26-15-6-4-3-5-13(15)23-17(26)25-18-24-14-8-7-12(9-16(14)28-18)27-19(20,21)22;1-4-2-3/h3-9,11H,10H2,1-2H3,(H,23,24,25);2H,1H3. The minimum absolute atomic E-state index is 0.262. The van der Waals surface area contributed by atoms with E-state index in [1.54, 1.807) is 0 Å². The summed E-state index contributed by atoms with van der Waals surface area (Å²) in [6, 6.07) is 11.9. The Hall–Kier alpha value is -3.34. The second-order valence-electron chi connectivity index (χ2n) is 7.08. The Labute approximate surface area is 185 Å². The van der Waals surface area contributed by atoms with Crippen molar-refractivity contribution in [2.75, 3.05) is 12.4 Å². The number of halogens is 3. The predicted molar refractivity (Wildman–Crippen MR) is 117 cm³/mol. The molecule has 0 amide bonds. The van der Waals surface area contributed by atoms with Crippen LogP contribution in [0, 0.1) is 5.92 Å². The van der Waals surface area contributed by atoms with Crippen LogP contribution in [0.4, 0.5) is 24.3 Å². The fourth-order valence-corrected chi connectivity index (χ4v) is 3.86. The number of para-hydroxylation sites is 2. The van der Waals surface area contributed by atoms with Crippen LogP contribution >= 0.6 is 11.3 Å². The van der Waals surface area contributed by atoms with Gasteiger partial charge in [-0.15, -0.1) is 13.2 Å². The maximum absolute atomic E-state index is 12.4. The van der Waals surface area contributed by atoms with Gasteiger partial charge in [-0.3, -0.25) is 4.79 Å². The third-order valence-electron chi connectivity index (χ3n) is 4.11. The van der Waals surface area contributed by atoms with E-state index in [0.29, 0.717) is 33.7 Å². The summed E-state index contributed by atoms with van der Waals surface area (Å²) in [5.74, 6) is 0.804. The Morgan fingerprint density at radius 2 is 1.88 bits per heavy atom. The molecule has 0 saturated heterocycles. The maximum atomic E-state index is 12.4. The third kappa shape index (κ3) is 5.88. The number of hydrogen-bond donors (Lipinski definition) is 1. The van der Waals surface area contributed by atoms with E-state index in [2.05, 4.69) is 43.2 Å². The minimum Gasteiger partial charge on any atom is -0.471 e. The largest absolute Gasteiger partial charge is 0.573 e. The molecule has 0 unspecified atom stereocenters. The molecule has 1 N–H and O–H groups in total. The number of fused-ring (bicyclic) bond motifs is 2. The number of methoxy groups -OCH3 is 1. The summed E-state index contributed by atoms with van der Waals surface area (Å²) in [4.78, 5) is 18.0. The summed E-state index contributed by atoms with van der Waals surface area (Å²) in [6.07, 6.45) is -4.72. The average Bonchev–Trinajstić information content (AvgIpc) is 3.27. The molecule has 0 aliphatic carbocycles. The Balaban J connectivity index is 0.000000668. The summed E-state index contributed by atoms with van der Waals surface area (Å²) in [5, 5.41) is 3.78. The first-order valence-electron chi connectivity index (χ1n) is 9.55. The van der Waals surface area contributed by atoms with Gasteiger partial charge in [0.25, 0.3) is 6.47 Å². The summed E-state index contributed by atoms with van der Waals surface area (Å²) >= 11 is 1.25. The van der Waals surface area contributed by atoms with Crippen molar-refractivity contribution in [1.29, 1.82) is 0 Å². The number of carbonyl (C=O) groups excluding carboxylic acids is 1. The SMILES string of the molecule is CC(C)Cn1c(Nc2nc3ccc(OC(F)(F)F)cc3s2)nc2ccccc21.COC=O. The molecule has 2 heterocycles. The number of alkyl halides is 3. The van der Waals surface area contributed by atoms with Crippen LogP contribution in [0.3, 0.4) is 0 Å². The van der Waals surface area contributed by atoms with Crippen molar-refractivity contribution in [3.63, 3.8) is 0 Å². The molecule has 11 heteroatoms. The van der Waals surface area contributed by atoms with Gasteiger partial charge in [0.15, 0.2) is 5.13 Å². The van der Waals surface area contributed by atoms with Crippen molar-refractivity contribution >= 4 is 50.1 Å². The number of nitrogens with one attached hydrogen (secondary N) is 1. The second-order valence-corrected chi connectivity index (χ2v) is 8.11. The van der Waals surface area contributed by atoms with Gasteiger partial charge in [0.05, 0.1) is 28.4 Å². The molecule has 32 heavy (non-hydrogen) atoms. The predicted octanol–water partition coefficient (Wildman–Crippen LogP) is 5.73. The molecule has 4 aromatic rings. The molecule has 7 nitrogen and oxygen atoms in total. The molecule has 0 spiro atoms. The number of carbonyl (C=O) groups is 1. The molecular weight excluding hydrogens is 445 g/mol.